The van der Waals surface area contributed by atoms with Crippen LogP contribution in [0.2, 0.25) is 0 Å². The van der Waals surface area contributed by atoms with Crippen LogP contribution in [0.15, 0.2) is 24.4 Å². The molecule has 58 valence electrons. The second kappa shape index (κ2) is 2.75. The van der Waals surface area contributed by atoms with Gasteiger partial charge in [-0.1, -0.05) is 0 Å². The Morgan fingerprint density at radius 3 is 3.00 bits per heavy atom. The summed E-state index contributed by atoms with van der Waals surface area (Å²) in [6.45, 7) is 0. The van der Waals surface area contributed by atoms with E-state index in [0.717, 1.165) is 11.0 Å². The van der Waals surface area contributed by atoms with E-state index in [9.17, 15) is 0 Å². The quantitative estimate of drug-likeness (QED) is 0.687. The van der Waals surface area contributed by atoms with E-state index in [2.05, 4.69) is 27.8 Å². The lowest BCUT2D eigenvalue weighted by Crippen LogP contribution is -1.82. The van der Waals surface area contributed by atoms with Crippen molar-refractivity contribution in [3.8, 4) is 6.07 Å². The Labute approximate surface area is 83.1 Å². The molecule has 0 N–H and O–H groups in total. The molecule has 0 aliphatic heterocycles. The Balaban J connectivity index is 2.80. The van der Waals surface area contributed by atoms with Gasteiger partial charge in [-0.05, 0) is 18.2 Å². The molecule has 12 heavy (non-hydrogen) atoms. The van der Waals surface area contributed by atoms with Crippen molar-refractivity contribution in [3.63, 3.8) is 0 Å². The normalized spacial score (nSPS) is 10.0. The fraction of sp³-hybridized carbons (Fsp3) is 0. The van der Waals surface area contributed by atoms with Gasteiger partial charge in [0.1, 0.15) is 11.8 Å². The van der Waals surface area contributed by atoms with Crippen LogP contribution in [0.5, 0.6) is 0 Å². The number of halogens is 1. The van der Waals surface area contributed by atoms with Crippen LogP contribution in [0.25, 0.3) is 11.0 Å². The van der Waals surface area contributed by atoms with Gasteiger partial charge in [-0.25, -0.2) is 4.98 Å². The van der Waals surface area contributed by atoms with Gasteiger partial charge in [0.25, 0.3) is 0 Å². The first-order valence-electron chi connectivity index (χ1n) is 3.35. The number of nitriles is 1. The third-order valence-electron chi connectivity index (χ3n) is 1.61. The highest BCUT2D eigenvalue weighted by Gasteiger charge is 2.00. The van der Waals surface area contributed by atoms with Crippen LogP contribution < -0.4 is 0 Å². The summed E-state index contributed by atoms with van der Waals surface area (Å²) < 4.78 is 1.95. The molecular weight excluding hydrogens is 265 g/mol. The van der Waals surface area contributed by atoms with Crippen molar-refractivity contribution in [2.75, 3.05) is 0 Å². The molecule has 4 heteroatoms. The summed E-state index contributed by atoms with van der Waals surface area (Å²) in [5.74, 6) is 0. The second-order valence-corrected chi connectivity index (χ2v) is 3.38. The average Bonchev–Trinajstić information content (AvgIpc) is 2.47. The molecule has 0 fully saturated rings. The number of fused-ring (bicyclic) bond motifs is 1. The average molecular weight is 269 g/mol. The van der Waals surface area contributed by atoms with Gasteiger partial charge in [-0.3, -0.25) is 2.78 Å². The van der Waals surface area contributed by atoms with Crippen molar-refractivity contribution < 1.29 is 0 Å². The van der Waals surface area contributed by atoms with Crippen molar-refractivity contribution >= 4 is 33.9 Å². The van der Waals surface area contributed by atoms with Gasteiger partial charge in [-0.15, -0.1) is 0 Å². The number of nitrogens with zero attached hydrogens (tertiary/aromatic N) is 3. The van der Waals surface area contributed by atoms with Gasteiger partial charge in [0.2, 0.25) is 0 Å². The van der Waals surface area contributed by atoms with Crippen LogP contribution in [0.4, 0.5) is 0 Å². The van der Waals surface area contributed by atoms with Crippen molar-refractivity contribution in [1.82, 2.24) is 7.76 Å². The van der Waals surface area contributed by atoms with Crippen LogP contribution in [0, 0.1) is 11.3 Å². The molecule has 2 rings (SSSR count). The Morgan fingerprint density at radius 2 is 2.25 bits per heavy atom. The van der Waals surface area contributed by atoms with Crippen LogP contribution in [-0.4, -0.2) is 7.76 Å². The molecule has 2 heterocycles. The molecule has 0 unspecified atom stereocenters. The summed E-state index contributed by atoms with van der Waals surface area (Å²) >= 11 is 2.17. The van der Waals surface area contributed by atoms with E-state index in [1.807, 2.05) is 27.2 Å². The molecule has 3 nitrogen and oxygen atoms in total. The Hall–Kier alpha value is -1.09. The van der Waals surface area contributed by atoms with Gasteiger partial charge in [0.05, 0.1) is 33.9 Å². The molecule has 0 atom stereocenters. The summed E-state index contributed by atoms with van der Waals surface area (Å²) in [5, 5.41) is 8.58. The van der Waals surface area contributed by atoms with E-state index in [-0.39, 0.29) is 0 Å². The molecule has 2 aromatic heterocycles. The number of rotatable bonds is 0. The van der Waals surface area contributed by atoms with Gasteiger partial charge in [-0.2, -0.15) is 5.26 Å². The van der Waals surface area contributed by atoms with E-state index in [0.29, 0.717) is 5.69 Å². The first-order chi connectivity index (χ1) is 5.81. The highest BCUT2D eigenvalue weighted by molar-refractivity contribution is 14.1. The first kappa shape index (κ1) is 7.55. The van der Waals surface area contributed by atoms with Gasteiger partial charge >= 0.3 is 0 Å². The molecule has 0 saturated heterocycles. The SMILES string of the molecule is N#Cc1ccc2c(ccn2I)n1. The number of aromatic nitrogens is 2. The topological polar surface area (TPSA) is 41.6 Å². The monoisotopic (exact) mass is 269 g/mol. The maximum atomic E-state index is 8.58. The predicted molar refractivity (Wildman–Crippen MR) is 53.9 cm³/mol. The lowest BCUT2D eigenvalue weighted by atomic mass is 10.3. The number of pyridine rings is 1. The van der Waals surface area contributed by atoms with E-state index in [1.165, 1.54) is 0 Å². The molecule has 0 aliphatic rings. The van der Waals surface area contributed by atoms with Crippen molar-refractivity contribution in [1.29, 1.82) is 5.26 Å². The minimum absolute atomic E-state index is 0.463. The standard InChI is InChI=1S/C8H4IN3/c9-12-4-3-7-8(12)2-1-6(5-10)11-7/h1-4H. The Bertz CT molecular complexity index is 467. The smallest absolute Gasteiger partial charge is 0.141 e. The predicted octanol–water partition coefficient (Wildman–Crippen LogP) is 2.11. The number of hydrogen-bond acceptors (Lipinski definition) is 2. The van der Waals surface area contributed by atoms with E-state index in [4.69, 9.17) is 5.26 Å². The van der Waals surface area contributed by atoms with Crippen LogP contribution in [-0.2, 0) is 0 Å². The zero-order valence-electron chi connectivity index (χ0n) is 6.03. The lowest BCUT2D eigenvalue weighted by molar-refractivity contribution is 1.32. The second-order valence-electron chi connectivity index (χ2n) is 2.34. The molecule has 0 bridgehead atoms. The largest absolute Gasteiger partial charge is 0.288 e. The zero-order valence-corrected chi connectivity index (χ0v) is 8.19. The summed E-state index contributed by atoms with van der Waals surface area (Å²) in [6, 6.07) is 7.51. The molecule has 0 saturated carbocycles. The molecule has 0 aromatic carbocycles. The fourth-order valence-corrected chi connectivity index (χ4v) is 1.62. The molecule has 0 spiro atoms. The third-order valence-corrected chi connectivity index (χ3v) is 2.45. The molecular formula is C8H4IN3. The summed E-state index contributed by atoms with van der Waals surface area (Å²) in [4.78, 5) is 4.13. The van der Waals surface area contributed by atoms with E-state index >= 15 is 0 Å². The highest BCUT2D eigenvalue weighted by Crippen LogP contribution is 2.15. The maximum Gasteiger partial charge on any atom is 0.141 e. The number of hydrogen-bond donors (Lipinski definition) is 0. The summed E-state index contributed by atoms with van der Waals surface area (Å²) in [5.41, 5.74) is 2.36. The highest BCUT2D eigenvalue weighted by atomic mass is 127. The summed E-state index contributed by atoms with van der Waals surface area (Å²) in [6.07, 6.45) is 1.92. The molecule has 2 aromatic rings. The van der Waals surface area contributed by atoms with E-state index < -0.39 is 0 Å². The van der Waals surface area contributed by atoms with Crippen LogP contribution in [0.1, 0.15) is 5.69 Å². The van der Waals surface area contributed by atoms with Crippen molar-refractivity contribution in [2.45, 2.75) is 0 Å². The van der Waals surface area contributed by atoms with Gasteiger partial charge in [0, 0.05) is 6.20 Å². The Morgan fingerprint density at radius 1 is 1.42 bits per heavy atom. The van der Waals surface area contributed by atoms with Crippen molar-refractivity contribution in [2.24, 2.45) is 0 Å². The van der Waals surface area contributed by atoms with Gasteiger partial charge < -0.3 is 0 Å². The summed E-state index contributed by atoms with van der Waals surface area (Å²) in [7, 11) is 0. The third kappa shape index (κ3) is 1.06. The Kier molecular flexibility index (Phi) is 1.73. The molecule has 0 aliphatic carbocycles. The minimum atomic E-state index is 0.463. The van der Waals surface area contributed by atoms with Crippen LogP contribution in [0.3, 0.4) is 0 Å². The van der Waals surface area contributed by atoms with E-state index in [1.54, 1.807) is 6.07 Å². The maximum absolute atomic E-state index is 8.58. The van der Waals surface area contributed by atoms with Crippen LogP contribution >= 0.6 is 22.9 Å². The lowest BCUT2D eigenvalue weighted by Gasteiger charge is -1.92. The fourth-order valence-electron chi connectivity index (χ4n) is 1.05. The molecule has 0 amide bonds. The van der Waals surface area contributed by atoms with Gasteiger partial charge in [0.15, 0.2) is 0 Å². The van der Waals surface area contributed by atoms with Crippen molar-refractivity contribution in [3.05, 3.63) is 30.1 Å². The zero-order chi connectivity index (χ0) is 8.55. The first-order valence-corrected chi connectivity index (χ1v) is 4.32. The molecule has 0 radical (unpaired) electrons. The minimum Gasteiger partial charge on any atom is -0.288 e.